The van der Waals surface area contributed by atoms with Gasteiger partial charge >= 0.3 is 12.1 Å². The molecule has 2 atom stereocenters. The van der Waals surface area contributed by atoms with Crippen LogP contribution in [0.1, 0.15) is 46.0 Å². The van der Waals surface area contributed by atoms with Crippen LogP contribution in [0.3, 0.4) is 0 Å². The summed E-state index contributed by atoms with van der Waals surface area (Å²) in [7, 11) is 1.40. The van der Waals surface area contributed by atoms with Gasteiger partial charge in [0, 0.05) is 38.8 Å². The summed E-state index contributed by atoms with van der Waals surface area (Å²) in [5.41, 5.74) is 0. The van der Waals surface area contributed by atoms with Gasteiger partial charge in [0.25, 0.3) is 0 Å². The molecule has 0 aromatic carbocycles. The van der Waals surface area contributed by atoms with E-state index in [9.17, 15) is 9.59 Å². The fraction of sp³-hybridized carbons (Fsp3) is 0.895. The molecule has 2 N–H and O–H groups in total. The highest BCUT2D eigenvalue weighted by Crippen LogP contribution is 2.20. The molecular weight excluding hydrogens is 332 g/mol. The Labute approximate surface area is 157 Å². The molecule has 2 unspecified atom stereocenters. The van der Waals surface area contributed by atoms with Crippen LogP contribution < -0.4 is 10.6 Å². The molecule has 7 heteroatoms. The van der Waals surface area contributed by atoms with E-state index >= 15 is 0 Å². The molecule has 0 aliphatic carbocycles. The third kappa shape index (κ3) is 7.02. The zero-order valence-electron chi connectivity index (χ0n) is 16.6. The molecule has 2 fully saturated rings. The van der Waals surface area contributed by atoms with Crippen molar-refractivity contribution in [3.8, 4) is 0 Å². The van der Waals surface area contributed by atoms with Gasteiger partial charge in [-0.3, -0.25) is 0 Å². The second-order valence-corrected chi connectivity index (χ2v) is 8.04. The van der Waals surface area contributed by atoms with Crippen LogP contribution in [0.5, 0.6) is 0 Å². The zero-order valence-corrected chi connectivity index (χ0v) is 16.6. The summed E-state index contributed by atoms with van der Waals surface area (Å²) in [5, 5.41) is 5.97. The molecule has 150 valence electrons. The number of unbranched alkanes of at least 4 members (excludes halogenated alkanes) is 1. The van der Waals surface area contributed by atoms with E-state index in [0.717, 1.165) is 44.1 Å². The first-order valence-electron chi connectivity index (χ1n) is 10.1. The fourth-order valence-electron chi connectivity index (χ4n) is 4.21. The van der Waals surface area contributed by atoms with E-state index in [4.69, 9.17) is 4.74 Å². The number of hydrogen-bond acceptors (Lipinski definition) is 4. The number of methoxy groups -OCH3 is 1. The molecule has 0 aromatic rings. The fourth-order valence-corrected chi connectivity index (χ4v) is 4.21. The van der Waals surface area contributed by atoms with Crippen LogP contribution in [-0.2, 0) is 4.74 Å². The number of ether oxygens (including phenoxy) is 1. The van der Waals surface area contributed by atoms with E-state index in [1.54, 1.807) is 4.90 Å². The first-order chi connectivity index (χ1) is 12.5. The second kappa shape index (κ2) is 10.6. The third-order valence-corrected chi connectivity index (χ3v) is 5.39. The first-order valence-corrected chi connectivity index (χ1v) is 10.1. The van der Waals surface area contributed by atoms with Crippen molar-refractivity contribution in [1.82, 2.24) is 20.4 Å². The van der Waals surface area contributed by atoms with Crippen molar-refractivity contribution in [3.05, 3.63) is 0 Å². The molecule has 0 bridgehead atoms. The minimum atomic E-state index is -0.287. The van der Waals surface area contributed by atoms with Gasteiger partial charge in [0.05, 0.1) is 7.11 Å². The van der Waals surface area contributed by atoms with Gasteiger partial charge in [0.2, 0.25) is 0 Å². The summed E-state index contributed by atoms with van der Waals surface area (Å²) >= 11 is 0. The molecule has 26 heavy (non-hydrogen) atoms. The summed E-state index contributed by atoms with van der Waals surface area (Å²) in [6, 6.07) is 0.0361. The standard InChI is InChI=1S/C19H36N4O3/c1-15-12-16(2)14-22(13-15)9-5-4-8-20-18(24)21-17-6-10-23(11-7-17)19(25)26-3/h15-17H,4-14H2,1-3H3,(H2,20,21,24). The normalized spacial score (nSPS) is 25.0. The van der Waals surface area contributed by atoms with Gasteiger partial charge < -0.3 is 25.2 Å². The predicted octanol–water partition coefficient (Wildman–Crippen LogP) is 2.27. The lowest BCUT2D eigenvalue weighted by Crippen LogP contribution is -2.49. The molecule has 0 aromatic heterocycles. The van der Waals surface area contributed by atoms with Crippen LogP contribution in [-0.4, -0.2) is 74.3 Å². The van der Waals surface area contributed by atoms with Crippen LogP contribution in [0.15, 0.2) is 0 Å². The minimum absolute atomic E-state index is 0.0956. The van der Waals surface area contributed by atoms with Crippen molar-refractivity contribution in [2.45, 2.75) is 52.0 Å². The highest BCUT2D eigenvalue weighted by atomic mass is 16.5. The van der Waals surface area contributed by atoms with E-state index in [1.165, 1.54) is 26.6 Å². The number of likely N-dealkylation sites (tertiary alicyclic amines) is 2. The van der Waals surface area contributed by atoms with Crippen LogP contribution in [0, 0.1) is 11.8 Å². The molecule has 0 radical (unpaired) electrons. The number of carbonyl (C=O) groups is 2. The molecule has 0 saturated carbocycles. The van der Waals surface area contributed by atoms with Crippen molar-refractivity contribution in [2.75, 3.05) is 46.4 Å². The summed E-state index contributed by atoms with van der Waals surface area (Å²) in [4.78, 5) is 27.7. The molecule has 0 spiro atoms. The molecule has 2 saturated heterocycles. The summed E-state index contributed by atoms with van der Waals surface area (Å²) in [5.74, 6) is 1.60. The second-order valence-electron chi connectivity index (χ2n) is 8.04. The monoisotopic (exact) mass is 368 g/mol. The molecule has 2 rings (SSSR count). The molecule has 2 aliphatic heterocycles. The molecule has 3 amide bonds. The van der Waals surface area contributed by atoms with Gasteiger partial charge in [-0.2, -0.15) is 0 Å². The van der Waals surface area contributed by atoms with Gasteiger partial charge in [-0.1, -0.05) is 13.8 Å². The van der Waals surface area contributed by atoms with Crippen LogP contribution in [0.4, 0.5) is 9.59 Å². The number of urea groups is 1. The highest BCUT2D eigenvalue weighted by Gasteiger charge is 2.24. The summed E-state index contributed by atoms with van der Waals surface area (Å²) < 4.78 is 4.72. The predicted molar refractivity (Wildman–Crippen MR) is 102 cm³/mol. The molecular formula is C19H36N4O3. The number of piperidine rings is 2. The van der Waals surface area contributed by atoms with Crippen molar-refractivity contribution in [1.29, 1.82) is 0 Å². The maximum Gasteiger partial charge on any atom is 0.409 e. The Kier molecular flexibility index (Phi) is 8.48. The molecule has 2 heterocycles. The first kappa shape index (κ1) is 20.8. The van der Waals surface area contributed by atoms with Crippen LogP contribution >= 0.6 is 0 Å². The largest absolute Gasteiger partial charge is 0.453 e. The topological polar surface area (TPSA) is 73.9 Å². The number of nitrogens with one attached hydrogen (secondary N) is 2. The van der Waals surface area contributed by atoms with Crippen LogP contribution in [0.2, 0.25) is 0 Å². The number of hydrogen-bond donors (Lipinski definition) is 2. The van der Waals surface area contributed by atoms with Crippen molar-refractivity contribution in [3.63, 3.8) is 0 Å². The molecule has 2 aliphatic rings. The van der Waals surface area contributed by atoms with Gasteiger partial charge in [0.15, 0.2) is 0 Å². The number of rotatable bonds is 6. The average Bonchev–Trinajstić information content (AvgIpc) is 2.60. The summed E-state index contributed by atoms with van der Waals surface area (Å²) in [6.45, 7) is 10.2. The Morgan fingerprint density at radius 3 is 2.35 bits per heavy atom. The number of nitrogens with zero attached hydrogens (tertiary/aromatic N) is 2. The Bertz CT molecular complexity index is 442. The van der Waals surface area contributed by atoms with E-state index in [1.807, 2.05) is 0 Å². The average molecular weight is 369 g/mol. The van der Waals surface area contributed by atoms with Gasteiger partial charge in [-0.25, -0.2) is 9.59 Å². The quantitative estimate of drug-likeness (QED) is 0.706. The third-order valence-electron chi connectivity index (χ3n) is 5.39. The van der Waals surface area contributed by atoms with Gasteiger partial charge in [-0.15, -0.1) is 0 Å². The van der Waals surface area contributed by atoms with Crippen molar-refractivity contribution in [2.24, 2.45) is 11.8 Å². The maximum atomic E-state index is 12.0. The highest BCUT2D eigenvalue weighted by molar-refractivity contribution is 5.74. The smallest absolute Gasteiger partial charge is 0.409 e. The zero-order chi connectivity index (χ0) is 18.9. The Hall–Kier alpha value is -1.50. The van der Waals surface area contributed by atoms with Crippen molar-refractivity contribution >= 4 is 12.1 Å². The lowest BCUT2D eigenvalue weighted by Gasteiger charge is -2.35. The van der Waals surface area contributed by atoms with E-state index in [0.29, 0.717) is 19.6 Å². The van der Waals surface area contributed by atoms with Crippen molar-refractivity contribution < 1.29 is 14.3 Å². The summed E-state index contributed by atoms with van der Waals surface area (Å²) in [6.07, 6.45) is 4.73. The van der Waals surface area contributed by atoms with E-state index < -0.39 is 0 Å². The van der Waals surface area contributed by atoms with Gasteiger partial charge in [0.1, 0.15) is 0 Å². The van der Waals surface area contributed by atoms with E-state index in [2.05, 4.69) is 29.4 Å². The Morgan fingerprint density at radius 2 is 1.73 bits per heavy atom. The SMILES string of the molecule is COC(=O)N1CCC(NC(=O)NCCCCN2CC(C)CC(C)C2)CC1. The number of carbonyl (C=O) groups excluding carboxylic acids is 2. The minimum Gasteiger partial charge on any atom is -0.453 e. The van der Waals surface area contributed by atoms with E-state index in [-0.39, 0.29) is 18.2 Å². The maximum absolute atomic E-state index is 12.0. The molecule has 7 nitrogen and oxygen atoms in total. The lowest BCUT2D eigenvalue weighted by atomic mass is 9.92. The Balaban J connectivity index is 1.51. The van der Waals surface area contributed by atoms with Crippen LogP contribution in [0.25, 0.3) is 0 Å². The number of amides is 3. The van der Waals surface area contributed by atoms with Gasteiger partial charge in [-0.05, 0) is 50.5 Å². The lowest BCUT2D eigenvalue weighted by molar-refractivity contribution is 0.110. The Morgan fingerprint density at radius 1 is 1.08 bits per heavy atom.